The minimum absolute atomic E-state index is 0.158. The van der Waals surface area contributed by atoms with Crippen molar-refractivity contribution in [3.8, 4) is 0 Å². The summed E-state index contributed by atoms with van der Waals surface area (Å²) in [5.41, 5.74) is 0. The van der Waals surface area contributed by atoms with Crippen LogP contribution in [-0.2, 0) is 14.3 Å². The van der Waals surface area contributed by atoms with E-state index in [1.807, 2.05) is 0 Å². The van der Waals surface area contributed by atoms with Crippen molar-refractivity contribution in [3.05, 3.63) is 0 Å². The minimum atomic E-state index is -1.03. The Bertz CT molecular complexity index is 170. The lowest BCUT2D eigenvalue weighted by Crippen LogP contribution is -2.28. The second-order valence-corrected chi connectivity index (χ2v) is 2.09. The lowest BCUT2D eigenvalue weighted by atomic mass is 10.6. The van der Waals surface area contributed by atoms with E-state index >= 15 is 0 Å². The largest absolute Gasteiger partial charge is 0.480 e. The van der Waals surface area contributed by atoms with Gasteiger partial charge >= 0.3 is 12.1 Å². The molecule has 6 nitrogen and oxygen atoms in total. The van der Waals surface area contributed by atoms with Gasteiger partial charge in [0.1, 0.15) is 6.61 Å². The van der Waals surface area contributed by atoms with Gasteiger partial charge in [0.05, 0.1) is 13.2 Å². The van der Waals surface area contributed by atoms with Gasteiger partial charge in [-0.3, -0.25) is 0 Å². The molecule has 0 spiro atoms. The van der Waals surface area contributed by atoms with Gasteiger partial charge < -0.3 is 19.9 Å². The third kappa shape index (κ3) is 8.61. The Morgan fingerprint density at radius 3 is 2.69 bits per heavy atom. The summed E-state index contributed by atoms with van der Waals surface area (Å²) in [6.45, 7) is 2.05. The average Bonchev–Trinajstić information content (AvgIpc) is 2.03. The summed E-state index contributed by atoms with van der Waals surface area (Å²) >= 11 is 0. The maximum absolute atomic E-state index is 10.6. The molecule has 76 valence electrons. The molecule has 0 unspecified atom stereocenters. The smallest absolute Gasteiger partial charge is 0.407 e. The fourth-order valence-electron chi connectivity index (χ4n) is 0.567. The van der Waals surface area contributed by atoms with Crippen LogP contribution in [0.1, 0.15) is 6.92 Å². The van der Waals surface area contributed by atoms with Crippen molar-refractivity contribution in [2.45, 2.75) is 6.92 Å². The number of ether oxygens (including phenoxy) is 2. The van der Waals surface area contributed by atoms with Crippen LogP contribution in [0.2, 0.25) is 0 Å². The lowest BCUT2D eigenvalue weighted by Gasteiger charge is -2.04. The van der Waals surface area contributed by atoms with Gasteiger partial charge in [0, 0.05) is 6.54 Å². The van der Waals surface area contributed by atoms with Crippen molar-refractivity contribution < 1.29 is 24.2 Å². The highest BCUT2D eigenvalue weighted by atomic mass is 16.5. The Morgan fingerprint density at radius 2 is 2.15 bits per heavy atom. The molecule has 0 bridgehead atoms. The van der Waals surface area contributed by atoms with Crippen molar-refractivity contribution in [1.29, 1.82) is 0 Å². The van der Waals surface area contributed by atoms with Crippen molar-refractivity contribution in [2.24, 2.45) is 0 Å². The number of rotatable bonds is 6. The Labute approximate surface area is 75.8 Å². The fraction of sp³-hybridized carbons (Fsp3) is 0.714. The number of alkyl carbamates (subject to hydrolysis) is 1. The molecule has 0 aromatic carbocycles. The van der Waals surface area contributed by atoms with Crippen molar-refractivity contribution >= 4 is 12.1 Å². The summed E-state index contributed by atoms with van der Waals surface area (Å²) in [5.74, 6) is -1.03. The third-order valence-corrected chi connectivity index (χ3v) is 1.02. The standard InChI is InChI=1S/C7H13NO5/c1-2-13-7(11)8-3-4-12-5-6(9)10/h2-5H2,1H3,(H,8,11)(H,9,10). The first-order valence-electron chi connectivity index (χ1n) is 3.87. The van der Waals surface area contributed by atoms with Crippen LogP contribution in [0.15, 0.2) is 0 Å². The molecule has 0 saturated carbocycles. The van der Waals surface area contributed by atoms with E-state index in [4.69, 9.17) is 5.11 Å². The third-order valence-electron chi connectivity index (χ3n) is 1.02. The van der Waals surface area contributed by atoms with Gasteiger partial charge in [0.25, 0.3) is 0 Å². The van der Waals surface area contributed by atoms with Crippen LogP contribution in [-0.4, -0.2) is 43.5 Å². The van der Waals surface area contributed by atoms with E-state index < -0.39 is 12.1 Å². The quantitative estimate of drug-likeness (QED) is 0.569. The highest BCUT2D eigenvalue weighted by Gasteiger charge is 1.99. The van der Waals surface area contributed by atoms with Crippen LogP contribution in [0.25, 0.3) is 0 Å². The second kappa shape index (κ2) is 7.35. The van der Waals surface area contributed by atoms with Crippen LogP contribution in [0, 0.1) is 0 Å². The first-order chi connectivity index (χ1) is 6.16. The van der Waals surface area contributed by atoms with Gasteiger partial charge in [0.15, 0.2) is 0 Å². The Kier molecular flexibility index (Phi) is 6.62. The SMILES string of the molecule is CCOC(=O)NCCOCC(=O)O. The maximum Gasteiger partial charge on any atom is 0.407 e. The molecule has 0 atom stereocenters. The predicted molar refractivity (Wildman–Crippen MR) is 43.5 cm³/mol. The zero-order chi connectivity index (χ0) is 10.1. The van der Waals surface area contributed by atoms with Crippen LogP contribution in [0.3, 0.4) is 0 Å². The molecule has 0 aromatic heterocycles. The normalized spacial score (nSPS) is 9.31. The van der Waals surface area contributed by atoms with Gasteiger partial charge in [-0.05, 0) is 6.92 Å². The molecule has 0 rings (SSSR count). The molecule has 0 saturated heterocycles. The topological polar surface area (TPSA) is 84.9 Å². The van der Waals surface area contributed by atoms with E-state index in [9.17, 15) is 9.59 Å². The van der Waals surface area contributed by atoms with E-state index in [2.05, 4.69) is 14.8 Å². The molecular weight excluding hydrogens is 178 g/mol. The van der Waals surface area contributed by atoms with Crippen molar-refractivity contribution in [3.63, 3.8) is 0 Å². The van der Waals surface area contributed by atoms with Crippen molar-refractivity contribution in [2.75, 3.05) is 26.4 Å². The molecule has 0 fully saturated rings. The first kappa shape index (κ1) is 11.7. The molecule has 0 radical (unpaired) electrons. The van der Waals surface area contributed by atoms with E-state index in [0.717, 1.165) is 0 Å². The minimum Gasteiger partial charge on any atom is -0.480 e. The molecule has 13 heavy (non-hydrogen) atoms. The highest BCUT2D eigenvalue weighted by molar-refractivity contribution is 5.68. The molecule has 0 aromatic rings. The first-order valence-corrected chi connectivity index (χ1v) is 3.87. The monoisotopic (exact) mass is 191 g/mol. The molecule has 2 N–H and O–H groups in total. The lowest BCUT2D eigenvalue weighted by molar-refractivity contribution is -0.142. The highest BCUT2D eigenvalue weighted by Crippen LogP contribution is 1.77. The molecular formula is C7H13NO5. The summed E-state index contributed by atoms with van der Waals surface area (Å²) in [6.07, 6.45) is -0.526. The number of carboxylic acids is 1. The van der Waals surface area contributed by atoms with E-state index in [0.29, 0.717) is 6.61 Å². The van der Waals surface area contributed by atoms with E-state index in [1.165, 1.54) is 0 Å². The molecule has 0 heterocycles. The number of nitrogens with one attached hydrogen (secondary N) is 1. The zero-order valence-corrected chi connectivity index (χ0v) is 7.41. The Morgan fingerprint density at radius 1 is 1.46 bits per heavy atom. The summed E-state index contributed by atoms with van der Waals surface area (Å²) in [7, 11) is 0. The van der Waals surface area contributed by atoms with E-state index in [1.54, 1.807) is 6.92 Å². The molecule has 0 aliphatic carbocycles. The number of hydrogen-bond acceptors (Lipinski definition) is 4. The summed E-state index contributed by atoms with van der Waals surface area (Å²) < 4.78 is 9.20. The van der Waals surface area contributed by atoms with Crippen LogP contribution < -0.4 is 5.32 Å². The van der Waals surface area contributed by atoms with Crippen LogP contribution >= 0.6 is 0 Å². The van der Waals surface area contributed by atoms with Gasteiger partial charge in [-0.15, -0.1) is 0 Å². The predicted octanol–water partition coefficient (Wildman–Crippen LogP) is -0.166. The number of carbonyl (C=O) groups is 2. The number of aliphatic carboxylic acids is 1. The number of carbonyl (C=O) groups excluding carboxylic acids is 1. The molecule has 0 aliphatic rings. The van der Waals surface area contributed by atoms with Crippen LogP contribution in [0.5, 0.6) is 0 Å². The molecule has 1 amide bonds. The number of carboxylic acid groups (broad SMARTS) is 1. The fourth-order valence-corrected chi connectivity index (χ4v) is 0.567. The maximum atomic E-state index is 10.6. The van der Waals surface area contributed by atoms with Gasteiger partial charge in [0.2, 0.25) is 0 Å². The van der Waals surface area contributed by atoms with Gasteiger partial charge in [-0.1, -0.05) is 0 Å². The number of hydrogen-bond donors (Lipinski definition) is 2. The van der Waals surface area contributed by atoms with Gasteiger partial charge in [-0.25, -0.2) is 9.59 Å². The summed E-state index contributed by atoms with van der Waals surface area (Å²) in [4.78, 5) is 20.6. The Balaban J connectivity index is 3.16. The summed E-state index contributed by atoms with van der Waals surface area (Å²) in [6, 6.07) is 0. The van der Waals surface area contributed by atoms with E-state index in [-0.39, 0.29) is 19.8 Å². The number of amides is 1. The second-order valence-electron chi connectivity index (χ2n) is 2.09. The van der Waals surface area contributed by atoms with Crippen LogP contribution in [0.4, 0.5) is 4.79 Å². The molecule has 6 heteroatoms. The zero-order valence-electron chi connectivity index (χ0n) is 7.41. The van der Waals surface area contributed by atoms with Crippen molar-refractivity contribution in [1.82, 2.24) is 5.32 Å². The average molecular weight is 191 g/mol. The van der Waals surface area contributed by atoms with Gasteiger partial charge in [-0.2, -0.15) is 0 Å². The summed E-state index contributed by atoms with van der Waals surface area (Å²) in [5, 5.41) is 10.5. The molecule has 0 aliphatic heterocycles. The Hall–Kier alpha value is -1.30.